The van der Waals surface area contributed by atoms with E-state index in [1.165, 1.54) is 14.2 Å². The van der Waals surface area contributed by atoms with Gasteiger partial charge in [0.25, 0.3) is 0 Å². The smallest absolute Gasteiger partial charge is 0.462 e. The van der Waals surface area contributed by atoms with Crippen molar-refractivity contribution in [3.8, 4) is 0 Å². The van der Waals surface area contributed by atoms with Gasteiger partial charge in [0, 0.05) is 5.82 Å². The largest absolute Gasteiger partial charge is 0.469 e. The van der Waals surface area contributed by atoms with E-state index in [0.717, 1.165) is 0 Å². The van der Waals surface area contributed by atoms with Crippen LogP contribution in [-0.4, -0.2) is 44.5 Å². The second-order valence-corrected chi connectivity index (χ2v) is 6.30. The number of carbonyl (C=O) groups is 2. The fraction of sp³-hybridized carbons (Fsp3) is 0.846. The van der Waals surface area contributed by atoms with Crippen LogP contribution >= 0.6 is 0 Å². The molecule has 1 saturated heterocycles. The van der Waals surface area contributed by atoms with E-state index in [1.54, 1.807) is 0 Å². The van der Waals surface area contributed by atoms with Gasteiger partial charge in [-0.2, -0.15) is 0 Å². The van der Waals surface area contributed by atoms with Crippen LogP contribution in [0.4, 0.5) is 0 Å². The fourth-order valence-corrected chi connectivity index (χ4v) is 2.60. The van der Waals surface area contributed by atoms with E-state index in [-0.39, 0.29) is 5.82 Å². The van der Waals surface area contributed by atoms with Crippen LogP contribution in [-0.2, 0) is 28.4 Å². The molecule has 1 heterocycles. The summed E-state index contributed by atoms with van der Waals surface area (Å²) in [6.07, 6.45) is 0. The van der Waals surface area contributed by atoms with Gasteiger partial charge in [-0.1, -0.05) is 0 Å². The second kappa shape index (κ2) is 4.74. The first-order valence-electron chi connectivity index (χ1n) is 6.67. The van der Waals surface area contributed by atoms with Gasteiger partial charge in [-0.3, -0.25) is 9.59 Å². The van der Waals surface area contributed by atoms with Crippen molar-refractivity contribution in [1.29, 1.82) is 0 Å². The van der Waals surface area contributed by atoms with Crippen molar-refractivity contribution >= 4 is 19.1 Å². The van der Waals surface area contributed by atoms with Crippen molar-refractivity contribution in [2.45, 2.75) is 44.7 Å². The highest BCUT2D eigenvalue weighted by molar-refractivity contribution is 6.50. The zero-order chi connectivity index (χ0) is 15.3. The molecule has 2 atom stereocenters. The van der Waals surface area contributed by atoms with Crippen LogP contribution in [0.3, 0.4) is 0 Å². The van der Waals surface area contributed by atoms with Crippen LogP contribution in [0.1, 0.15) is 27.7 Å². The molecule has 0 spiro atoms. The summed E-state index contributed by atoms with van der Waals surface area (Å²) in [6, 6.07) is 0. The Hall–Kier alpha value is -1.08. The summed E-state index contributed by atoms with van der Waals surface area (Å²) in [4.78, 5) is 23.5. The molecule has 1 saturated carbocycles. The Morgan fingerprint density at radius 1 is 0.900 bits per heavy atom. The molecule has 0 aromatic rings. The van der Waals surface area contributed by atoms with Crippen molar-refractivity contribution in [3.63, 3.8) is 0 Å². The number of methoxy groups -OCH3 is 2. The summed E-state index contributed by atoms with van der Waals surface area (Å²) >= 11 is 0. The number of hydrogen-bond acceptors (Lipinski definition) is 6. The topological polar surface area (TPSA) is 71.1 Å². The first kappa shape index (κ1) is 15.3. The van der Waals surface area contributed by atoms with Crippen LogP contribution < -0.4 is 0 Å². The SMILES string of the molecule is COC(=O)C1C(B2OC(C)(C)C(C)(C)O2)C1C(=O)OC. The zero-order valence-electron chi connectivity index (χ0n) is 12.8. The van der Waals surface area contributed by atoms with Crippen molar-refractivity contribution in [3.05, 3.63) is 0 Å². The second-order valence-electron chi connectivity index (χ2n) is 6.30. The molecule has 2 aliphatic rings. The van der Waals surface area contributed by atoms with Crippen LogP contribution in [0, 0.1) is 11.8 Å². The van der Waals surface area contributed by atoms with Gasteiger partial charge in [-0.05, 0) is 27.7 Å². The maximum absolute atomic E-state index is 11.8. The molecule has 0 aromatic carbocycles. The number of rotatable bonds is 3. The molecule has 1 aliphatic heterocycles. The summed E-state index contributed by atoms with van der Waals surface area (Å²) in [6.45, 7) is 7.71. The molecule has 112 valence electrons. The van der Waals surface area contributed by atoms with E-state index in [0.29, 0.717) is 0 Å². The van der Waals surface area contributed by atoms with Gasteiger partial charge < -0.3 is 18.8 Å². The molecule has 2 unspecified atom stereocenters. The molecular weight excluding hydrogens is 263 g/mol. The minimum absolute atomic E-state index is 0.351. The normalized spacial score (nSPS) is 33.7. The standard InChI is InChI=1S/C13H21BO6/c1-12(2)13(3,4)20-14(19-12)9-7(10(15)17-5)8(9)11(16)18-6/h7-9H,1-6H3. The van der Waals surface area contributed by atoms with Gasteiger partial charge >= 0.3 is 19.1 Å². The monoisotopic (exact) mass is 284 g/mol. The Balaban J connectivity index is 2.17. The van der Waals surface area contributed by atoms with E-state index in [1.807, 2.05) is 27.7 Å². The Morgan fingerprint density at radius 3 is 1.55 bits per heavy atom. The quantitative estimate of drug-likeness (QED) is 0.569. The van der Waals surface area contributed by atoms with Gasteiger partial charge in [0.05, 0.1) is 37.3 Å². The molecule has 0 radical (unpaired) electrons. The lowest BCUT2D eigenvalue weighted by Gasteiger charge is -2.32. The summed E-state index contributed by atoms with van der Waals surface area (Å²) in [5.74, 6) is -2.32. The molecule has 0 aromatic heterocycles. The molecule has 0 amide bonds. The third-order valence-electron chi connectivity index (χ3n) is 4.61. The Morgan fingerprint density at radius 2 is 1.25 bits per heavy atom. The Kier molecular flexibility index (Phi) is 3.63. The molecular formula is C13H21BO6. The summed E-state index contributed by atoms with van der Waals surface area (Å²) in [7, 11) is 2.00. The van der Waals surface area contributed by atoms with Crippen LogP contribution in [0.5, 0.6) is 0 Å². The maximum atomic E-state index is 11.8. The summed E-state index contributed by atoms with van der Waals surface area (Å²) in [5.41, 5.74) is -0.997. The summed E-state index contributed by atoms with van der Waals surface area (Å²) < 4.78 is 21.3. The van der Waals surface area contributed by atoms with E-state index in [9.17, 15) is 9.59 Å². The predicted molar refractivity (Wildman–Crippen MR) is 70.8 cm³/mol. The highest BCUT2D eigenvalue weighted by Gasteiger charge is 2.70. The number of carbonyl (C=O) groups excluding carboxylic acids is 2. The van der Waals surface area contributed by atoms with Crippen molar-refractivity contribution in [2.75, 3.05) is 14.2 Å². The van der Waals surface area contributed by atoms with Gasteiger partial charge in [0.15, 0.2) is 0 Å². The minimum Gasteiger partial charge on any atom is -0.469 e. The number of esters is 2. The molecule has 7 heteroatoms. The zero-order valence-corrected chi connectivity index (χ0v) is 12.8. The van der Waals surface area contributed by atoms with Gasteiger partial charge in [-0.15, -0.1) is 0 Å². The third kappa shape index (κ3) is 2.22. The highest BCUT2D eigenvalue weighted by atomic mass is 16.7. The van der Waals surface area contributed by atoms with Crippen molar-refractivity contribution in [2.24, 2.45) is 11.8 Å². The lowest BCUT2D eigenvalue weighted by atomic mass is 9.79. The average molecular weight is 284 g/mol. The molecule has 2 fully saturated rings. The van der Waals surface area contributed by atoms with E-state index < -0.39 is 42.1 Å². The predicted octanol–water partition coefficient (Wildman–Crippen LogP) is 1.04. The van der Waals surface area contributed by atoms with Gasteiger partial charge in [0.1, 0.15) is 0 Å². The molecule has 0 bridgehead atoms. The van der Waals surface area contributed by atoms with Crippen LogP contribution in [0.2, 0.25) is 5.82 Å². The molecule has 20 heavy (non-hydrogen) atoms. The molecule has 0 N–H and O–H groups in total. The summed E-state index contributed by atoms with van der Waals surface area (Å²) in [5, 5.41) is 0. The average Bonchev–Trinajstić information content (AvgIpc) is 3.05. The van der Waals surface area contributed by atoms with E-state index in [4.69, 9.17) is 18.8 Å². The van der Waals surface area contributed by atoms with Crippen molar-refractivity contribution < 1.29 is 28.4 Å². The van der Waals surface area contributed by atoms with Gasteiger partial charge in [0.2, 0.25) is 0 Å². The minimum atomic E-state index is -0.604. The highest BCUT2D eigenvalue weighted by Crippen LogP contribution is 2.58. The molecule has 2 rings (SSSR count). The molecule has 6 nitrogen and oxygen atoms in total. The number of hydrogen-bond donors (Lipinski definition) is 0. The van der Waals surface area contributed by atoms with Gasteiger partial charge in [-0.25, -0.2) is 0 Å². The van der Waals surface area contributed by atoms with Crippen LogP contribution in [0.25, 0.3) is 0 Å². The Labute approximate surface area is 119 Å². The van der Waals surface area contributed by atoms with E-state index in [2.05, 4.69) is 0 Å². The lowest BCUT2D eigenvalue weighted by Crippen LogP contribution is -2.41. The molecule has 1 aliphatic carbocycles. The van der Waals surface area contributed by atoms with E-state index >= 15 is 0 Å². The first-order valence-corrected chi connectivity index (χ1v) is 6.67. The van der Waals surface area contributed by atoms with Crippen LogP contribution in [0.15, 0.2) is 0 Å². The lowest BCUT2D eigenvalue weighted by molar-refractivity contribution is -0.148. The maximum Gasteiger partial charge on any atom is 0.462 e. The first-order chi connectivity index (χ1) is 9.16. The Bertz CT molecular complexity index is 395. The number of ether oxygens (including phenoxy) is 2. The third-order valence-corrected chi connectivity index (χ3v) is 4.61. The fourth-order valence-electron chi connectivity index (χ4n) is 2.60. The van der Waals surface area contributed by atoms with Crippen molar-refractivity contribution in [1.82, 2.24) is 0 Å².